The van der Waals surface area contributed by atoms with Crippen LogP contribution in [0.1, 0.15) is 16.7 Å². The van der Waals surface area contributed by atoms with Crippen LogP contribution in [0.15, 0.2) is 30.5 Å². The van der Waals surface area contributed by atoms with Crippen LogP contribution in [0.4, 0.5) is 5.69 Å². The van der Waals surface area contributed by atoms with Crippen LogP contribution >= 0.6 is 0 Å². The number of anilines is 1. The maximum absolute atomic E-state index is 5.93. The zero-order chi connectivity index (χ0) is 12.4. The van der Waals surface area contributed by atoms with Gasteiger partial charge in [0.1, 0.15) is 5.75 Å². The molecule has 1 aromatic carbocycles. The van der Waals surface area contributed by atoms with Crippen molar-refractivity contribution < 1.29 is 4.74 Å². The number of nitrogens with zero attached hydrogens (tertiary/aromatic N) is 1. The lowest BCUT2D eigenvalue weighted by Gasteiger charge is -2.11. The Hall–Kier alpha value is -2.03. The minimum atomic E-state index is 0.471. The molecule has 0 spiro atoms. The third-order valence-corrected chi connectivity index (χ3v) is 2.72. The Labute approximate surface area is 101 Å². The molecule has 0 bridgehead atoms. The van der Waals surface area contributed by atoms with Gasteiger partial charge in [-0.3, -0.25) is 0 Å². The van der Waals surface area contributed by atoms with Gasteiger partial charge >= 0.3 is 0 Å². The first kappa shape index (κ1) is 11.5. The molecule has 0 aliphatic rings. The summed E-state index contributed by atoms with van der Waals surface area (Å²) < 4.78 is 5.77. The summed E-state index contributed by atoms with van der Waals surface area (Å²) in [6.45, 7) is 5.97. The Kier molecular flexibility index (Phi) is 3.00. The number of rotatable bonds is 2. The molecule has 0 saturated carbocycles. The molecule has 17 heavy (non-hydrogen) atoms. The van der Waals surface area contributed by atoms with Crippen molar-refractivity contribution >= 4 is 5.69 Å². The van der Waals surface area contributed by atoms with E-state index in [1.165, 1.54) is 0 Å². The van der Waals surface area contributed by atoms with Gasteiger partial charge < -0.3 is 10.5 Å². The first-order valence-electron chi connectivity index (χ1n) is 5.54. The Morgan fingerprint density at radius 3 is 2.59 bits per heavy atom. The smallest absolute Gasteiger partial charge is 0.242 e. The zero-order valence-corrected chi connectivity index (χ0v) is 10.3. The molecule has 0 aliphatic heterocycles. The highest BCUT2D eigenvalue weighted by Gasteiger charge is 2.07. The summed E-state index contributed by atoms with van der Waals surface area (Å²) in [6.07, 6.45) is 1.70. The summed E-state index contributed by atoms with van der Waals surface area (Å²) in [4.78, 5) is 4.16. The molecule has 0 unspecified atom stereocenters. The van der Waals surface area contributed by atoms with Gasteiger partial charge in [0.15, 0.2) is 0 Å². The topological polar surface area (TPSA) is 48.1 Å². The Bertz CT molecular complexity index is 550. The van der Waals surface area contributed by atoms with E-state index in [0.717, 1.165) is 22.4 Å². The molecule has 1 aromatic heterocycles. The summed E-state index contributed by atoms with van der Waals surface area (Å²) in [5.41, 5.74) is 9.71. The standard InChI is InChI=1S/C14H16N2O/c1-9-4-5-10(2)12(8-9)17-14-13(15)11(3)6-7-16-14/h4-8H,15H2,1-3H3. The van der Waals surface area contributed by atoms with Crippen LogP contribution in [0, 0.1) is 20.8 Å². The lowest BCUT2D eigenvalue weighted by Crippen LogP contribution is -1.98. The predicted molar refractivity (Wildman–Crippen MR) is 69.4 cm³/mol. The third kappa shape index (κ3) is 2.38. The van der Waals surface area contributed by atoms with E-state index in [-0.39, 0.29) is 0 Å². The molecule has 0 amide bonds. The minimum Gasteiger partial charge on any atom is -0.437 e. The van der Waals surface area contributed by atoms with Crippen LogP contribution in [0.5, 0.6) is 11.6 Å². The van der Waals surface area contributed by atoms with E-state index in [0.29, 0.717) is 11.6 Å². The lowest BCUT2D eigenvalue weighted by atomic mass is 10.1. The van der Waals surface area contributed by atoms with Gasteiger partial charge in [-0.25, -0.2) is 4.98 Å². The second-order valence-electron chi connectivity index (χ2n) is 4.22. The number of nitrogen functional groups attached to an aromatic ring is 1. The first-order chi connectivity index (χ1) is 8.08. The van der Waals surface area contributed by atoms with E-state index in [4.69, 9.17) is 10.5 Å². The van der Waals surface area contributed by atoms with Crippen LogP contribution in [-0.4, -0.2) is 4.98 Å². The largest absolute Gasteiger partial charge is 0.437 e. The summed E-state index contributed by atoms with van der Waals surface area (Å²) in [7, 11) is 0. The molecule has 88 valence electrons. The van der Waals surface area contributed by atoms with Crippen molar-refractivity contribution in [3.8, 4) is 11.6 Å². The van der Waals surface area contributed by atoms with Gasteiger partial charge in [0.05, 0.1) is 5.69 Å². The van der Waals surface area contributed by atoms with Crippen LogP contribution in [0.3, 0.4) is 0 Å². The molecular formula is C14H16N2O. The number of aromatic nitrogens is 1. The van der Waals surface area contributed by atoms with E-state index >= 15 is 0 Å². The number of hydrogen-bond acceptors (Lipinski definition) is 3. The van der Waals surface area contributed by atoms with E-state index in [1.807, 2.05) is 39.0 Å². The predicted octanol–water partition coefficient (Wildman–Crippen LogP) is 3.38. The molecule has 0 saturated heterocycles. The normalized spacial score (nSPS) is 10.3. The minimum absolute atomic E-state index is 0.471. The molecule has 2 aromatic rings. The summed E-state index contributed by atoms with van der Waals surface area (Å²) in [6, 6.07) is 7.93. The maximum Gasteiger partial charge on any atom is 0.242 e. The van der Waals surface area contributed by atoms with Crippen LogP contribution < -0.4 is 10.5 Å². The van der Waals surface area contributed by atoms with Gasteiger partial charge in [0.25, 0.3) is 0 Å². The summed E-state index contributed by atoms with van der Waals surface area (Å²) in [5, 5.41) is 0. The maximum atomic E-state index is 5.93. The fraction of sp³-hybridized carbons (Fsp3) is 0.214. The highest BCUT2D eigenvalue weighted by Crippen LogP contribution is 2.29. The monoisotopic (exact) mass is 228 g/mol. The van der Waals surface area contributed by atoms with Crippen LogP contribution in [0.2, 0.25) is 0 Å². The number of nitrogens with two attached hydrogens (primary N) is 1. The van der Waals surface area contributed by atoms with Gasteiger partial charge in [-0.1, -0.05) is 12.1 Å². The molecule has 3 heteroatoms. The summed E-state index contributed by atoms with van der Waals surface area (Å²) >= 11 is 0. The average molecular weight is 228 g/mol. The quantitative estimate of drug-likeness (QED) is 0.857. The molecule has 3 nitrogen and oxygen atoms in total. The fourth-order valence-electron chi connectivity index (χ4n) is 1.55. The van der Waals surface area contributed by atoms with Crippen molar-refractivity contribution in [1.82, 2.24) is 4.98 Å². The molecule has 2 rings (SSSR count). The van der Waals surface area contributed by atoms with E-state index in [1.54, 1.807) is 6.20 Å². The van der Waals surface area contributed by atoms with Crippen LogP contribution in [0.25, 0.3) is 0 Å². The Morgan fingerprint density at radius 2 is 1.82 bits per heavy atom. The first-order valence-corrected chi connectivity index (χ1v) is 5.54. The molecule has 0 aliphatic carbocycles. The van der Waals surface area contributed by atoms with Crippen molar-refractivity contribution in [3.63, 3.8) is 0 Å². The number of hydrogen-bond donors (Lipinski definition) is 1. The number of pyridine rings is 1. The van der Waals surface area contributed by atoms with Crippen molar-refractivity contribution in [2.24, 2.45) is 0 Å². The van der Waals surface area contributed by atoms with Crippen molar-refractivity contribution in [2.45, 2.75) is 20.8 Å². The van der Waals surface area contributed by atoms with Gasteiger partial charge in [0.2, 0.25) is 5.88 Å². The second kappa shape index (κ2) is 4.45. The average Bonchev–Trinajstić information content (AvgIpc) is 2.30. The number of aryl methyl sites for hydroxylation is 3. The highest BCUT2D eigenvalue weighted by atomic mass is 16.5. The molecule has 0 atom stereocenters. The van der Waals surface area contributed by atoms with Crippen LogP contribution in [-0.2, 0) is 0 Å². The Morgan fingerprint density at radius 1 is 1.06 bits per heavy atom. The van der Waals surface area contributed by atoms with Crippen molar-refractivity contribution in [1.29, 1.82) is 0 Å². The highest BCUT2D eigenvalue weighted by molar-refractivity contribution is 5.55. The van der Waals surface area contributed by atoms with E-state index in [9.17, 15) is 0 Å². The van der Waals surface area contributed by atoms with Gasteiger partial charge in [-0.2, -0.15) is 0 Å². The molecule has 0 fully saturated rings. The molecular weight excluding hydrogens is 212 g/mol. The van der Waals surface area contributed by atoms with Gasteiger partial charge in [0, 0.05) is 6.20 Å². The number of benzene rings is 1. The summed E-state index contributed by atoms with van der Waals surface area (Å²) in [5.74, 6) is 1.27. The van der Waals surface area contributed by atoms with Gasteiger partial charge in [-0.15, -0.1) is 0 Å². The zero-order valence-electron chi connectivity index (χ0n) is 10.3. The second-order valence-corrected chi connectivity index (χ2v) is 4.22. The van der Waals surface area contributed by atoms with Gasteiger partial charge in [-0.05, 0) is 49.6 Å². The number of ether oxygens (including phenoxy) is 1. The van der Waals surface area contributed by atoms with E-state index < -0.39 is 0 Å². The third-order valence-electron chi connectivity index (χ3n) is 2.72. The molecule has 1 heterocycles. The SMILES string of the molecule is Cc1ccc(C)c(Oc2nccc(C)c2N)c1. The van der Waals surface area contributed by atoms with E-state index in [2.05, 4.69) is 11.1 Å². The van der Waals surface area contributed by atoms with Crippen molar-refractivity contribution in [3.05, 3.63) is 47.2 Å². The van der Waals surface area contributed by atoms with Crippen molar-refractivity contribution in [2.75, 3.05) is 5.73 Å². The molecule has 0 radical (unpaired) electrons. The Balaban J connectivity index is 2.38. The fourth-order valence-corrected chi connectivity index (χ4v) is 1.55. The lowest BCUT2D eigenvalue weighted by molar-refractivity contribution is 0.461. The molecule has 2 N–H and O–H groups in total.